The molecular formula is C16H22N4O3S2. The second-order valence-electron chi connectivity index (χ2n) is 6.50. The molecule has 7 nitrogen and oxygen atoms in total. The first-order valence-electron chi connectivity index (χ1n) is 8.07. The van der Waals surface area contributed by atoms with Crippen LogP contribution in [0.1, 0.15) is 10.4 Å². The molecule has 1 fully saturated rings. The topological polar surface area (TPSA) is 90.9 Å². The summed E-state index contributed by atoms with van der Waals surface area (Å²) in [6.45, 7) is 1.39. The molecule has 25 heavy (non-hydrogen) atoms. The Labute approximate surface area is 152 Å². The number of thioether (sulfide) groups is 1. The number of anilines is 1. The highest BCUT2D eigenvalue weighted by Crippen LogP contribution is 2.34. The zero-order valence-electron chi connectivity index (χ0n) is 14.2. The summed E-state index contributed by atoms with van der Waals surface area (Å²) in [4.78, 5) is 18.5. The smallest absolute Gasteiger partial charge is 0.251 e. The first-order valence-corrected chi connectivity index (χ1v) is 10.8. The van der Waals surface area contributed by atoms with E-state index in [1.54, 1.807) is 12.1 Å². The van der Waals surface area contributed by atoms with Crippen molar-refractivity contribution >= 4 is 38.4 Å². The molecule has 2 atom stereocenters. The van der Waals surface area contributed by atoms with Gasteiger partial charge in [0.15, 0.2) is 15.0 Å². The molecule has 136 valence electrons. The maximum absolute atomic E-state index is 12.0. The van der Waals surface area contributed by atoms with Gasteiger partial charge in [0.1, 0.15) is 0 Å². The lowest BCUT2D eigenvalue weighted by atomic mass is 10.2. The van der Waals surface area contributed by atoms with Crippen LogP contribution < -0.4 is 10.6 Å². The number of amides is 1. The minimum absolute atomic E-state index is 0.0225. The number of rotatable bonds is 5. The lowest BCUT2D eigenvalue weighted by Gasteiger charge is -2.11. The fraction of sp³-hybridized carbons (Fsp3) is 0.500. The van der Waals surface area contributed by atoms with E-state index in [9.17, 15) is 13.2 Å². The van der Waals surface area contributed by atoms with Crippen molar-refractivity contribution in [3.05, 3.63) is 29.8 Å². The van der Waals surface area contributed by atoms with Crippen LogP contribution in [0, 0.1) is 0 Å². The average molecular weight is 383 g/mol. The molecule has 1 aromatic carbocycles. The highest BCUT2D eigenvalue weighted by molar-refractivity contribution is 8.15. The molecular weight excluding hydrogens is 360 g/mol. The monoisotopic (exact) mass is 382 g/mol. The van der Waals surface area contributed by atoms with Crippen LogP contribution in [0.2, 0.25) is 0 Å². The number of sulfone groups is 1. The van der Waals surface area contributed by atoms with Gasteiger partial charge in [-0.2, -0.15) is 0 Å². The second-order valence-corrected chi connectivity index (χ2v) is 9.88. The Balaban J connectivity index is 1.54. The van der Waals surface area contributed by atoms with Crippen LogP contribution in [0.15, 0.2) is 29.3 Å². The van der Waals surface area contributed by atoms with Crippen LogP contribution in [0.3, 0.4) is 0 Å². The molecule has 9 heteroatoms. The van der Waals surface area contributed by atoms with Gasteiger partial charge >= 0.3 is 0 Å². The number of fused-ring (bicyclic) bond motifs is 1. The van der Waals surface area contributed by atoms with Crippen molar-refractivity contribution in [3.8, 4) is 0 Å². The van der Waals surface area contributed by atoms with Crippen LogP contribution in [0.5, 0.6) is 0 Å². The van der Waals surface area contributed by atoms with E-state index in [0.29, 0.717) is 12.1 Å². The summed E-state index contributed by atoms with van der Waals surface area (Å²) in [6.07, 6.45) is 0. The van der Waals surface area contributed by atoms with Gasteiger partial charge in [0, 0.05) is 29.6 Å². The summed E-state index contributed by atoms with van der Waals surface area (Å²) >= 11 is 1.48. The molecule has 2 heterocycles. The molecule has 2 aliphatic rings. The first-order chi connectivity index (χ1) is 11.8. The fourth-order valence-corrected chi connectivity index (χ4v) is 6.42. The maximum Gasteiger partial charge on any atom is 0.251 e. The van der Waals surface area contributed by atoms with E-state index in [1.165, 1.54) is 11.8 Å². The van der Waals surface area contributed by atoms with Crippen LogP contribution in [-0.2, 0) is 9.84 Å². The summed E-state index contributed by atoms with van der Waals surface area (Å²) < 4.78 is 23.2. The average Bonchev–Trinajstić information content (AvgIpc) is 3.00. The third-order valence-electron chi connectivity index (χ3n) is 4.06. The Kier molecular flexibility index (Phi) is 5.35. The van der Waals surface area contributed by atoms with Crippen molar-refractivity contribution in [1.29, 1.82) is 0 Å². The number of amidine groups is 1. The van der Waals surface area contributed by atoms with Gasteiger partial charge in [-0.15, -0.1) is 0 Å². The van der Waals surface area contributed by atoms with Gasteiger partial charge < -0.3 is 15.5 Å². The summed E-state index contributed by atoms with van der Waals surface area (Å²) in [5.41, 5.74) is 1.44. The normalized spacial score (nSPS) is 24.0. The van der Waals surface area contributed by atoms with E-state index in [2.05, 4.69) is 15.6 Å². The molecule has 1 saturated heterocycles. The number of carbonyl (C=O) groups is 1. The minimum atomic E-state index is -2.93. The van der Waals surface area contributed by atoms with Crippen molar-refractivity contribution in [2.45, 2.75) is 11.3 Å². The molecule has 0 aliphatic carbocycles. The zero-order chi connectivity index (χ0) is 18.0. The molecule has 0 aromatic heterocycles. The van der Waals surface area contributed by atoms with E-state index in [4.69, 9.17) is 0 Å². The number of likely N-dealkylation sites (N-methyl/N-ethyl adjacent to an activating group) is 1. The van der Waals surface area contributed by atoms with Crippen LogP contribution in [-0.4, -0.2) is 74.4 Å². The van der Waals surface area contributed by atoms with E-state index in [-0.39, 0.29) is 28.7 Å². The van der Waals surface area contributed by atoms with Gasteiger partial charge in [-0.3, -0.25) is 9.79 Å². The molecule has 0 spiro atoms. The largest absolute Gasteiger partial charge is 0.351 e. The van der Waals surface area contributed by atoms with Crippen molar-refractivity contribution in [2.75, 3.05) is 44.0 Å². The molecule has 2 aliphatic heterocycles. The number of aliphatic imine (C=N–C) groups is 1. The predicted octanol–water partition coefficient (Wildman–Crippen LogP) is 0.658. The van der Waals surface area contributed by atoms with Crippen LogP contribution in [0.4, 0.5) is 5.69 Å². The summed E-state index contributed by atoms with van der Waals surface area (Å²) in [7, 11) is 0.983. The van der Waals surface area contributed by atoms with E-state index < -0.39 is 9.84 Å². The van der Waals surface area contributed by atoms with Gasteiger partial charge in [0.2, 0.25) is 0 Å². The van der Waals surface area contributed by atoms with E-state index >= 15 is 0 Å². The zero-order valence-corrected chi connectivity index (χ0v) is 15.9. The molecule has 0 bridgehead atoms. The number of carbonyl (C=O) groups excluding carboxylic acids is 1. The molecule has 0 unspecified atom stereocenters. The van der Waals surface area contributed by atoms with Gasteiger partial charge in [0.25, 0.3) is 5.91 Å². The van der Waals surface area contributed by atoms with Crippen LogP contribution in [0.25, 0.3) is 0 Å². The molecule has 0 saturated carbocycles. The lowest BCUT2D eigenvalue weighted by molar-refractivity contribution is 0.0951. The van der Waals surface area contributed by atoms with E-state index in [0.717, 1.165) is 17.4 Å². The Bertz CT molecular complexity index is 775. The van der Waals surface area contributed by atoms with Gasteiger partial charge in [0.05, 0.1) is 17.5 Å². The van der Waals surface area contributed by atoms with Crippen LogP contribution >= 0.6 is 11.8 Å². The second kappa shape index (κ2) is 7.35. The molecule has 3 rings (SSSR count). The number of hydrogen-bond donors (Lipinski definition) is 2. The quantitative estimate of drug-likeness (QED) is 0.777. The third-order valence-corrected chi connectivity index (χ3v) is 7.20. The first kappa shape index (κ1) is 18.2. The standard InChI is InChI=1S/C16H22N4O3S2/c1-20(2)8-7-17-15(21)11-3-5-12(6-4-11)18-16-19-13-9-25(22,23)10-14(13)24-16/h3-6,13-14H,7-10H2,1-2H3,(H,17,21)(H,18,19)/t13-,14-/m1/s1. The Morgan fingerprint density at radius 3 is 2.64 bits per heavy atom. The molecule has 0 radical (unpaired) electrons. The lowest BCUT2D eigenvalue weighted by Crippen LogP contribution is -2.31. The van der Waals surface area contributed by atoms with Crippen molar-refractivity contribution < 1.29 is 13.2 Å². The van der Waals surface area contributed by atoms with Gasteiger partial charge in [-0.25, -0.2) is 8.42 Å². The molecule has 1 aromatic rings. The van der Waals surface area contributed by atoms with Crippen molar-refractivity contribution in [1.82, 2.24) is 10.2 Å². The Morgan fingerprint density at radius 1 is 1.28 bits per heavy atom. The predicted molar refractivity (Wildman–Crippen MR) is 102 cm³/mol. The Hall–Kier alpha value is -1.58. The van der Waals surface area contributed by atoms with Crippen molar-refractivity contribution in [2.24, 2.45) is 4.99 Å². The summed E-state index contributed by atoms with van der Waals surface area (Å²) in [5, 5.41) is 6.84. The number of nitrogens with one attached hydrogen (secondary N) is 2. The number of hydrogen-bond acceptors (Lipinski definition) is 7. The number of nitrogens with zero attached hydrogens (tertiary/aromatic N) is 2. The summed E-state index contributed by atoms with van der Waals surface area (Å²) in [6, 6.07) is 7.04. The SMILES string of the molecule is CN(C)CCNC(=O)c1ccc(NC2=N[C@@H]3CS(=O)(=O)C[C@H]3S2)cc1. The minimum Gasteiger partial charge on any atom is -0.351 e. The maximum atomic E-state index is 12.0. The van der Waals surface area contributed by atoms with Gasteiger partial charge in [-0.05, 0) is 38.4 Å². The Morgan fingerprint density at radius 2 is 2.00 bits per heavy atom. The van der Waals surface area contributed by atoms with E-state index in [1.807, 2.05) is 31.1 Å². The third kappa shape index (κ3) is 4.74. The molecule has 2 N–H and O–H groups in total. The highest BCUT2D eigenvalue weighted by atomic mass is 32.2. The number of benzene rings is 1. The summed E-state index contributed by atoms with van der Waals surface area (Å²) in [5.74, 6) is 0.242. The van der Waals surface area contributed by atoms with Gasteiger partial charge in [-0.1, -0.05) is 11.8 Å². The fourth-order valence-electron chi connectivity index (χ4n) is 2.74. The van der Waals surface area contributed by atoms with Crippen molar-refractivity contribution in [3.63, 3.8) is 0 Å². The molecule has 1 amide bonds. The highest BCUT2D eigenvalue weighted by Gasteiger charge is 2.42.